The van der Waals surface area contributed by atoms with E-state index in [9.17, 15) is 9.59 Å². The first-order chi connectivity index (χ1) is 13.9. The predicted octanol–water partition coefficient (Wildman–Crippen LogP) is 5.02. The minimum absolute atomic E-state index is 0.0175. The molecular formula is C22H24N2O3S2. The molecule has 0 unspecified atom stereocenters. The van der Waals surface area contributed by atoms with Gasteiger partial charge in [0.15, 0.2) is 10.9 Å². The SMILES string of the molecule is C=CCn1c(S[C@@H](C)C(=O)c2ccc(OCC)cc2)nc2sc(C)c(C)c2c1=O. The summed E-state index contributed by atoms with van der Waals surface area (Å²) in [5.41, 5.74) is 1.49. The Morgan fingerprint density at radius 3 is 2.66 bits per heavy atom. The first-order valence-corrected chi connectivity index (χ1v) is 11.1. The molecule has 0 radical (unpaired) electrons. The molecule has 5 nitrogen and oxygen atoms in total. The maximum Gasteiger partial charge on any atom is 0.263 e. The summed E-state index contributed by atoms with van der Waals surface area (Å²) in [5, 5.41) is 0.801. The summed E-state index contributed by atoms with van der Waals surface area (Å²) >= 11 is 2.81. The molecule has 7 heteroatoms. The lowest BCUT2D eigenvalue weighted by molar-refractivity contribution is 0.0994. The number of thiophene rings is 1. The summed E-state index contributed by atoms with van der Waals surface area (Å²) in [4.78, 5) is 32.5. The second-order valence-corrected chi connectivity index (χ2v) is 9.16. The van der Waals surface area contributed by atoms with E-state index < -0.39 is 5.25 Å². The molecule has 0 amide bonds. The average Bonchev–Trinajstić information content (AvgIpc) is 2.99. The van der Waals surface area contributed by atoms with Crippen molar-refractivity contribution in [2.75, 3.05) is 6.61 Å². The summed E-state index contributed by atoms with van der Waals surface area (Å²) in [6, 6.07) is 7.13. The molecule has 0 saturated carbocycles. The lowest BCUT2D eigenvalue weighted by Crippen LogP contribution is -2.24. The van der Waals surface area contributed by atoms with Gasteiger partial charge >= 0.3 is 0 Å². The van der Waals surface area contributed by atoms with Gasteiger partial charge in [-0.2, -0.15) is 0 Å². The highest BCUT2D eigenvalue weighted by atomic mass is 32.2. The van der Waals surface area contributed by atoms with E-state index in [0.29, 0.717) is 34.1 Å². The van der Waals surface area contributed by atoms with Gasteiger partial charge in [-0.05, 0) is 57.5 Å². The third-order valence-electron chi connectivity index (χ3n) is 4.67. The van der Waals surface area contributed by atoms with Crippen LogP contribution < -0.4 is 10.3 Å². The van der Waals surface area contributed by atoms with Crippen LogP contribution in [0.5, 0.6) is 5.75 Å². The molecule has 2 aromatic heterocycles. The van der Waals surface area contributed by atoms with Crippen molar-refractivity contribution < 1.29 is 9.53 Å². The quantitative estimate of drug-likeness (QED) is 0.218. The number of hydrogen-bond donors (Lipinski definition) is 0. The van der Waals surface area contributed by atoms with E-state index in [1.54, 1.807) is 34.9 Å². The number of Topliss-reactive ketones (excluding diaryl/α,β-unsaturated/α-hetero) is 1. The molecule has 1 aromatic carbocycles. The Hall–Kier alpha value is -2.38. The van der Waals surface area contributed by atoms with Gasteiger partial charge < -0.3 is 4.74 Å². The Balaban J connectivity index is 1.93. The average molecular weight is 429 g/mol. The Labute approximate surface area is 178 Å². The topological polar surface area (TPSA) is 61.2 Å². The Kier molecular flexibility index (Phi) is 6.59. The second kappa shape index (κ2) is 8.97. The number of carbonyl (C=O) groups is 1. The van der Waals surface area contributed by atoms with Crippen molar-refractivity contribution in [2.24, 2.45) is 0 Å². The molecule has 0 saturated heterocycles. The van der Waals surface area contributed by atoms with Crippen molar-refractivity contribution in [3.8, 4) is 5.75 Å². The lowest BCUT2D eigenvalue weighted by atomic mass is 10.1. The minimum atomic E-state index is -0.393. The normalized spacial score (nSPS) is 12.1. The number of aromatic nitrogens is 2. The molecular weight excluding hydrogens is 404 g/mol. The summed E-state index contributed by atoms with van der Waals surface area (Å²) in [6.45, 7) is 12.4. The molecule has 0 spiro atoms. The number of ketones is 1. The van der Waals surface area contributed by atoms with Gasteiger partial charge in [-0.25, -0.2) is 4.98 Å². The fourth-order valence-corrected chi connectivity index (χ4v) is 5.08. The zero-order valence-electron chi connectivity index (χ0n) is 17.0. The molecule has 0 aliphatic heterocycles. The fraction of sp³-hybridized carbons (Fsp3) is 0.318. The van der Waals surface area contributed by atoms with Gasteiger partial charge in [0.05, 0.1) is 17.2 Å². The van der Waals surface area contributed by atoms with Crippen LogP contribution in [0, 0.1) is 13.8 Å². The maximum absolute atomic E-state index is 13.1. The smallest absolute Gasteiger partial charge is 0.263 e. The third-order valence-corrected chi connectivity index (χ3v) is 6.86. The Bertz CT molecular complexity index is 1110. The highest BCUT2D eigenvalue weighted by Crippen LogP contribution is 2.30. The zero-order valence-corrected chi connectivity index (χ0v) is 18.7. The second-order valence-electron chi connectivity index (χ2n) is 6.64. The number of aryl methyl sites for hydroxylation is 2. The third kappa shape index (κ3) is 4.31. The van der Waals surface area contributed by atoms with Crippen molar-refractivity contribution in [1.82, 2.24) is 9.55 Å². The number of nitrogens with zero attached hydrogens (tertiary/aromatic N) is 2. The van der Waals surface area contributed by atoms with Gasteiger partial charge in [0, 0.05) is 17.0 Å². The molecule has 3 aromatic rings. The van der Waals surface area contributed by atoms with Gasteiger partial charge in [0.25, 0.3) is 5.56 Å². The minimum Gasteiger partial charge on any atom is -0.494 e. The highest BCUT2D eigenvalue weighted by Gasteiger charge is 2.22. The Morgan fingerprint density at radius 1 is 1.34 bits per heavy atom. The van der Waals surface area contributed by atoms with E-state index in [0.717, 1.165) is 16.2 Å². The lowest BCUT2D eigenvalue weighted by Gasteiger charge is -2.14. The molecule has 29 heavy (non-hydrogen) atoms. The van der Waals surface area contributed by atoms with Crippen LogP contribution in [0.15, 0.2) is 46.9 Å². The first-order valence-electron chi connectivity index (χ1n) is 9.42. The number of allylic oxidation sites excluding steroid dienone is 1. The standard InChI is InChI=1S/C22H24N2O3S2/c1-6-12-24-21(26)18-13(3)14(4)28-20(18)23-22(24)29-15(5)19(25)16-8-10-17(11-9-16)27-7-2/h6,8-11,15H,1,7,12H2,2-5H3/t15-/m0/s1. The van der Waals surface area contributed by atoms with Crippen LogP contribution >= 0.6 is 23.1 Å². The summed E-state index contributed by atoms with van der Waals surface area (Å²) < 4.78 is 7.03. The van der Waals surface area contributed by atoms with Crippen molar-refractivity contribution in [2.45, 2.75) is 44.6 Å². The van der Waals surface area contributed by atoms with Gasteiger partial charge in [0.2, 0.25) is 0 Å². The van der Waals surface area contributed by atoms with Crippen LogP contribution in [0.2, 0.25) is 0 Å². The van der Waals surface area contributed by atoms with E-state index in [2.05, 4.69) is 6.58 Å². The van der Waals surface area contributed by atoms with Crippen molar-refractivity contribution in [1.29, 1.82) is 0 Å². The van der Waals surface area contributed by atoms with E-state index >= 15 is 0 Å². The van der Waals surface area contributed by atoms with Gasteiger partial charge in [-0.3, -0.25) is 14.2 Å². The first kappa shape index (κ1) is 21.3. The number of carbonyl (C=O) groups excluding carboxylic acids is 1. The number of benzene rings is 1. The van der Waals surface area contributed by atoms with Crippen LogP contribution in [-0.2, 0) is 6.54 Å². The maximum atomic E-state index is 13.1. The number of rotatable bonds is 8. The van der Waals surface area contributed by atoms with Crippen molar-refractivity contribution >= 4 is 39.1 Å². The number of ether oxygens (including phenoxy) is 1. The van der Waals surface area contributed by atoms with E-state index in [1.807, 2.05) is 27.7 Å². The molecule has 0 aliphatic carbocycles. The zero-order chi connectivity index (χ0) is 21.1. The molecule has 3 rings (SSSR count). The summed E-state index contributed by atoms with van der Waals surface area (Å²) in [7, 11) is 0. The largest absolute Gasteiger partial charge is 0.494 e. The molecule has 0 N–H and O–H groups in total. The monoisotopic (exact) mass is 428 g/mol. The number of thioether (sulfide) groups is 1. The molecule has 1 atom stereocenters. The number of fused-ring (bicyclic) bond motifs is 1. The molecule has 2 heterocycles. The van der Waals surface area contributed by atoms with Gasteiger partial charge in [-0.1, -0.05) is 17.8 Å². The van der Waals surface area contributed by atoms with Crippen LogP contribution in [0.3, 0.4) is 0 Å². The molecule has 0 fully saturated rings. The molecule has 152 valence electrons. The molecule has 0 bridgehead atoms. The van der Waals surface area contributed by atoms with Crippen LogP contribution in [0.25, 0.3) is 10.2 Å². The summed E-state index contributed by atoms with van der Waals surface area (Å²) in [5.74, 6) is 0.718. The fourth-order valence-electron chi connectivity index (χ4n) is 3.02. The van der Waals surface area contributed by atoms with Crippen molar-refractivity contribution in [3.63, 3.8) is 0 Å². The van der Waals surface area contributed by atoms with E-state index in [4.69, 9.17) is 9.72 Å². The van der Waals surface area contributed by atoms with Crippen LogP contribution in [0.4, 0.5) is 0 Å². The van der Waals surface area contributed by atoms with E-state index in [1.165, 1.54) is 23.1 Å². The van der Waals surface area contributed by atoms with Crippen LogP contribution in [0.1, 0.15) is 34.6 Å². The number of hydrogen-bond acceptors (Lipinski definition) is 6. The summed E-state index contributed by atoms with van der Waals surface area (Å²) in [6.07, 6.45) is 1.67. The highest BCUT2D eigenvalue weighted by molar-refractivity contribution is 8.00. The van der Waals surface area contributed by atoms with Crippen molar-refractivity contribution in [3.05, 3.63) is 63.3 Å². The van der Waals surface area contributed by atoms with Gasteiger partial charge in [-0.15, -0.1) is 17.9 Å². The Morgan fingerprint density at radius 2 is 2.03 bits per heavy atom. The predicted molar refractivity (Wildman–Crippen MR) is 121 cm³/mol. The van der Waals surface area contributed by atoms with E-state index in [-0.39, 0.29) is 11.3 Å². The molecule has 0 aliphatic rings. The van der Waals surface area contributed by atoms with Gasteiger partial charge in [0.1, 0.15) is 10.6 Å². The van der Waals surface area contributed by atoms with Crippen LogP contribution in [-0.4, -0.2) is 27.2 Å².